The molecule has 26 heavy (non-hydrogen) atoms. The molecule has 1 atom stereocenters. The van der Waals surface area contributed by atoms with Crippen LogP contribution in [0.1, 0.15) is 43.9 Å². The maximum Gasteiger partial charge on any atom is 0.423 e. The Labute approximate surface area is 152 Å². The SMILES string of the molecule is CC(O)(CSC1CCCC1)c1cc2cc([N+](=O)[O-])c(C(F)(F)F)cc2[nH]1. The van der Waals surface area contributed by atoms with Crippen LogP contribution in [0.5, 0.6) is 0 Å². The van der Waals surface area contributed by atoms with Gasteiger partial charge in [-0.15, -0.1) is 0 Å². The Bertz CT molecular complexity index is 827. The third-order valence-electron chi connectivity index (χ3n) is 4.72. The van der Waals surface area contributed by atoms with Crippen LogP contribution in [-0.4, -0.2) is 26.0 Å². The van der Waals surface area contributed by atoms with Crippen molar-refractivity contribution in [1.82, 2.24) is 4.98 Å². The molecule has 1 aliphatic rings. The van der Waals surface area contributed by atoms with Crippen molar-refractivity contribution in [2.45, 2.75) is 49.6 Å². The zero-order valence-electron chi connectivity index (χ0n) is 14.1. The third-order valence-corrected chi connectivity index (χ3v) is 6.39. The van der Waals surface area contributed by atoms with E-state index in [2.05, 4.69) is 4.98 Å². The lowest BCUT2D eigenvalue weighted by Gasteiger charge is -2.23. The zero-order valence-corrected chi connectivity index (χ0v) is 14.9. The molecule has 2 aromatic rings. The summed E-state index contributed by atoms with van der Waals surface area (Å²) in [5, 5.41) is 22.5. The number of nitrogens with one attached hydrogen (secondary N) is 1. The van der Waals surface area contributed by atoms with Crippen LogP contribution in [0.2, 0.25) is 0 Å². The number of rotatable bonds is 5. The first-order valence-corrected chi connectivity index (χ1v) is 9.35. The predicted octanol–water partition coefficient (Wildman–Crippen LogP) is 4.98. The lowest BCUT2D eigenvalue weighted by atomic mass is 10.1. The second-order valence-electron chi connectivity index (χ2n) is 6.89. The highest BCUT2D eigenvalue weighted by atomic mass is 32.2. The normalized spacial score (nSPS) is 18.3. The Hall–Kier alpha value is -1.74. The molecule has 1 unspecified atom stereocenters. The lowest BCUT2D eigenvalue weighted by molar-refractivity contribution is -0.387. The number of fused-ring (bicyclic) bond motifs is 1. The van der Waals surface area contributed by atoms with Crippen molar-refractivity contribution in [3.8, 4) is 0 Å². The summed E-state index contributed by atoms with van der Waals surface area (Å²) in [6.07, 6.45) is -0.266. The van der Waals surface area contributed by atoms with Gasteiger partial charge in [-0.3, -0.25) is 10.1 Å². The van der Waals surface area contributed by atoms with Crippen LogP contribution in [0.15, 0.2) is 18.2 Å². The molecule has 0 aliphatic heterocycles. The van der Waals surface area contributed by atoms with Gasteiger partial charge in [-0.2, -0.15) is 24.9 Å². The summed E-state index contributed by atoms with van der Waals surface area (Å²) in [4.78, 5) is 12.8. The number of aromatic amines is 1. The van der Waals surface area contributed by atoms with Crippen molar-refractivity contribution in [3.05, 3.63) is 39.6 Å². The number of aliphatic hydroxyl groups is 1. The summed E-state index contributed by atoms with van der Waals surface area (Å²) in [6, 6.07) is 3.12. The van der Waals surface area contributed by atoms with Crippen molar-refractivity contribution >= 4 is 28.4 Å². The van der Waals surface area contributed by atoms with Gasteiger partial charge in [0.15, 0.2) is 0 Å². The molecular formula is C17H19F3N2O3S. The molecular weight excluding hydrogens is 369 g/mol. The van der Waals surface area contributed by atoms with E-state index in [-0.39, 0.29) is 10.9 Å². The number of thioether (sulfide) groups is 1. The smallest absolute Gasteiger partial charge is 0.383 e. The average molecular weight is 388 g/mol. The minimum atomic E-state index is -4.83. The van der Waals surface area contributed by atoms with Crippen molar-refractivity contribution in [1.29, 1.82) is 0 Å². The van der Waals surface area contributed by atoms with Gasteiger partial charge in [0.05, 0.1) is 4.92 Å². The van der Waals surface area contributed by atoms with E-state index in [1.165, 1.54) is 18.9 Å². The molecule has 0 radical (unpaired) electrons. The maximum atomic E-state index is 13.1. The fraction of sp³-hybridized carbons (Fsp3) is 0.529. The van der Waals surface area contributed by atoms with E-state index < -0.39 is 28.0 Å². The van der Waals surface area contributed by atoms with Crippen molar-refractivity contribution in [3.63, 3.8) is 0 Å². The molecule has 5 nitrogen and oxygen atoms in total. The first-order valence-electron chi connectivity index (χ1n) is 8.31. The number of nitro benzene ring substituents is 1. The largest absolute Gasteiger partial charge is 0.423 e. The predicted molar refractivity (Wildman–Crippen MR) is 94.2 cm³/mol. The van der Waals surface area contributed by atoms with Crippen LogP contribution in [0.3, 0.4) is 0 Å². The first kappa shape index (κ1) is 19.0. The van der Waals surface area contributed by atoms with Crippen LogP contribution >= 0.6 is 11.8 Å². The summed E-state index contributed by atoms with van der Waals surface area (Å²) < 4.78 is 39.3. The number of H-pyrrole nitrogens is 1. The van der Waals surface area contributed by atoms with Crippen LogP contribution in [0.25, 0.3) is 10.9 Å². The molecule has 0 saturated heterocycles. The lowest BCUT2D eigenvalue weighted by Crippen LogP contribution is -2.25. The molecule has 0 bridgehead atoms. The fourth-order valence-corrected chi connectivity index (χ4v) is 4.63. The van der Waals surface area contributed by atoms with Gasteiger partial charge in [-0.05, 0) is 31.9 Å². The molecule has 1 saturated carbocycles. The molecule has 0 amide bonds. The van der Waals surface area contributed by atoms with Gasteiger partial charge >= 0.3 is 6.18 Å². The average Bonchev–Trinajstić information content (AvgIpc) is 3.20. The molecule has 0 spiro atoms. The quantitative estimate of drug-likeness (QED) is 0.559. The molecule has 1 aliphatic carbocycles. The van der Waals surface area contributed by atoms with E-state index in [1.807, 2.05) is 0 Å². The van der Waals surface area contributed by atoms with Crippen LogP contribution < -0.4 is 0 Å². The Morgan fingerprint density at radius 2 is 1.96 bits per heavy atom. The maximum absolute atomic E-state index is 13.1. The van der Waals surface area contributed by atoms with Crippen molar-refractivity contribution in [2.75, 3.05) is 5.75 Å². The van der Waals surface area contributed by atoms with Gasteiger partial charge in [-0.25, -0.2) is 0 Å². The van der Waals surface area contributed by atoms with Crippen molar-refractivity contribution < 1.29 is 23.2 Å². The van der Waals surface area contributed by atoms with Crippen LogP contribution in [0.4, 0.5) is 18.9 Å². The minimum Gasteiger partial charge on any atom is -0.383 e. The minimum absolute atomic E-state index is 0.115. The number of alkyl halides is 3. The van der Waals surface area contributed by atoms with Gasteiger partial charge < -0.3 is 10.1 Å². The van der Waals surface area contributed by atoms with Crippen LogP contribution in [-0.2, 0) is 11.8 Å². The number of hydrogen-bond acceptors (Lipinski definition) is 4. The standard InChI is InChI=1S/C17H19F3N2O3S/c1-16(23,9-26-11-4-2-3-5-11)15-7-10-6-14(22(24)25)12(17(18,19)20)8-13(10)21-15/h6-8,11,21,23H,2-5,9H2,1H3. The van der Waals surface area contributed by atoms with E-state index in [1.54, 1.807) is 18.7 Å². The molecule has 1 aromatic carbocycles. The summed E-state index contributed by atoms with van der Waals surface area (Å²) in [5.41, 5.74) is -3.09. The fourth-order valence-electron chi connectivity index (χ4n) is 3.25. The molecule has 1 fully saturated rings. The summed E-state index contributed by atoms with van der Waals surface area (Å²) in [6.45, 7) is 1.60. The van der Waals surface area contributed by atoms with E-state index in [0.717, 1.165) is 25.0 Å². The number of benzene rings is 1. The molecule has 1 heterocycles. The van der Waals surface area contributed by atoms with E-state index >= 15 is 0 Å². The molecule has 9 heteroatoms. The van der Waals surface area contributed by atoms with E-state index in [4.69, 9.17) is 0 Å². The third kappa shape index (κ3) is 3.83. The number of nitro groups is 1. The second kappa shape index (κ2) is 6.77. The second-order valence-corrected chi connectivity index (χ2v) is 8.17. The molecule has 1 aromatic heterocycles. The molecule has 3 rings (SSSR count). The van der Waals surface area contributed by atoms with Crippen molar-refractivity contribution in [2.24, 2.45) is 0 Å². The topological polar surface area (TPSA) is 79.2 Å². The van der Waals surface area contributed by atoms with E-state index in [9.17, 15) is 28.4 Å². The Morgan fingerprint density at radius 3 is 2.54 bits per heavy atom. The summed E-state index contributed by atoms with van der Waals surface area (Å²) in [7, 11) is 0. The summed E-state index contributed by atoms with van der Waals surface area (Å²) in [5.74, 6) is 0.401. The number of halogens is 3. The van der Waals surface area contributed by atoms with Gasteiger partial charge in [0, 0.05) is 33.7 Å². The number of hydrogen-bond donors (Lipinski definition) is 2. The highest BCUT2D eigenvalue weighted by molar-refractivity contribution is 7.99. The molecule has 2 N–H and O–H groups in total. The highest BCUT2D eigenvalue weighted by Crippen LogP contribution is 2.40. The Kier molecular flexibility index (Phi) is 4.96. The van der Waals surface area contributed by atoms with Crippen LogP contribution in [0, 0.1) is 10.1 Å². The monoisotopic (exact) mass is 388 g/mol. The van der Waals surface area contributed by atoms with Gasteiger partial charge in [0.1, 0.15) is 11.2 Å². The number of nitrogens with zero attached hydrogens (tertiary/aromatic N) is 1. The highest BCUT2D eigenvalue weighted by Gasteiger charge is 2.39. The Balaban J connectivity index is 1.93. The number of aromatic nitrogens is 1. The van der Waals surface area contributed by atoms with Gasteiger partial charge in [0.25, 0.3) is 5.69 Å². The summed E-state index contributed by atoms with van der Waals surface area (Å²) >= 11 is 1.65. The first-order chi connectivity index (χ1) is 12.1. The Morgan fingerprint density at radius 1 is 1.31 bits per heavy atom. The van der Waals surface area contributed by atoms with E-state index in [0.29, 0.717) is 16.7 Å². The van der Waals surface area contributed by atoms with Gasteiger partial charge in [-0.1, -0.05) is 12.8 Å². The van der Waals surface area contributed by atoms with Gasteiger partial charge in [0.2, 0.25) is 0 Å². The molecule has 142 valence electrons. The zero-order chi connectivity index (χ0) is 19.1.